The molecule has 1 aliphatic rings. The van der Waals surface area contributed by atoms with Gasteiger partial charge in [-0.1, -0.05) is 140 Å². The minimum absolute atomic E-state index is 0.915. The molecule has 272 valence electrons. The number of pyridine rings is 2. The van der Waals surface area contributed by atoms with Gasteiger partial charge in [-0.05, 0) is 81.4 Å². The molecule has 0 bridgehead atoms. The van der Waals surface area contributed by atoms with E-state index in [0.717, 1.165) is 61.5 Å². The third-order valence-corrected chi connectivity index (χ3v) is 16.9. The molecule has 4 aromatic heterocycles. The first-order chi connectivity index (χ1) is 28.8. The Hall–Kier alpha value is -7.54. The molecule has 0 amide bonds. The van der Waals surface area contributed by atoms with Gasteiger partial charge in [0.15, 0.2) is 8.07 Å². The summed E-state index contributed by atoms with van der Waals surface area (Å²) in [6.07, 6.45) is 3.81. The average Bonchev–Trinajstić information content (AvgIpc) is 3.82. The maximum atomic E-state index is 5.10. The lowest BCUT2D eigenvalue weighted by atomic mass is 10.1. The Bertz CT molecular complexity index is 3040. The van der Waals surface area contributed by atoms with Gasteiger partial charge in [-0.25, -0.2) is 9.97 Å². The molecular formula is C52H35N5Si. The number of hydrogen-bond donors (Lipinski definition) is 0. The third kappa shape index (κ3) is 4.46. The highest BCUT2D eigenvalue weighted by Gasteiger charge is 2.49. The van der Waals surface area contributed by atoms with E-state index < -0.39 is 8.07 Å². The molecule has 58 heavy (non-hydrogen) atoms. The molecule has 7 aromatic carbocycles. The van der Waals surface area contributed by atoms with Crippen LogP contribution in [-0.2, 0) is 0 Å². The van der Waals surface area contributed by atoms with E-state index in [2.05, 4.69) is 202 Å². The van der Waals surface area contributed by atoms with Crippen LogP contribution in [-0.4, -0.2) is 27.2 Å². The monoisotopic (exact) mass is 757 g/mol. The van der Waals surface area contributed by atoms with E-state index in [1.165, 1.54) is 31.5 Å². The van der Waals surface area contributed by atoms with Crippen LogP contribution in [0.25, 0.3) is 55.2 Å². The molecule has 0 N–H and O–H groups in total. The lowest BCUT2D eigenvalue weighted by molar-refractivity contribution is 1.08. The Morgan fingerprint density at radius 3 is 1.22 bits per heavy atom. The summed E-state index contributed by atoms with van der Waals surface area (Å²) >= 11 is 0. The smallest absolute Gasteiger partial charge is 0.184 e. The van der Waals surface area contributed by atoms with Crippen LogP contribution in [0.15, 0.2) is 213 Å². The fourth-order valence-corrected chi connectivity index (χ4v) is 14.9. The maximum absolute atomic E-state index is 5.10. The summed E-state index contributed by atoms with van der Waals surface area (Å²) < 4.78 is 4.73. The van der Waals surface area contributed by atoms with Crippen molar-refractivity contribution in [3.63, 3.8) is 0 Å². The van der Waals surface area contributed by atoms with E-state index in [9.17, 15) is 0 Å². The molecular weight excluding hydrogens is 723 g/mol. The number of rotatable bonds is 5. The number of fused-ring (bicyclic) bond motifs is 8. The molecule has 0 saturated heterocycles. The topological polar surface area (TPSA) is 38.9 Å². The van der Waals surface area contributed by atoms with Crippen LogP contribution in [0.3, 0.4) is 0 Å². The third-order valence-electron chi connectivity index (χ3n) is 12.1. The Morgan fingerprint density at radius 2 is 0.724 bits per heavy atom. The molecule has 0 spiro atoms. The van der Waals surface area contributed by atoms with Crippen molar-refractivity contribution in [3.05, 3.63) is 213 Å². The molecule has 1 aliphatic heterocycles. The zero-order valence-corrected chi connectivity index (χ0v) is 32.4. The first-order valence-corrected chi connectivity index (χ1v) is 21.8. The zero-order chi connectivity index (χ0) is 38.2. The largest absolute Gasteiger partial charge is 0.307 e. The van der Waals surface area contributed by atoms with E-state index in [1.54, 1.807) is 0 Å². The van der Waals surface area contributed by atoms with Crippen LogP contribution < -0.4 is 25.6 Å². The van der Waals surface area contributed by atoms with Crippen molar-refractivity contribution in [2.45, 2.75) is 0 Å². The summed E-state index contributed by atoms with van der Waals surface area (Å²) in [6, 6.07) is 73.2. The van der Waals surface area contributed by atoms with Crippen molar-refractivity contribution in [1.29, 1.82) is 0 Å². The van der Waals surface area contributed by atoms with Crippen molar-refractivity contribution < 1.29 is 0 Å². The molecule has 0 atom stereocenters. The van der Waals surface area contributed by atoms with Crippen LogP contribution in [0.2, 0.25) is 0 Å². The molecule has 11 aromatic rings. The minimum Gasteiger partial charge on any atom is -0.307 e. The molecule has 5 heterocycles. The van der Waals surface area contributed by atoms with Crippen molar-refractivity contribution in [1.82, 2.24) is 19.1 Å². The van der Waals surface area contributed by atoms with Crippen molar-refractivity contribution in [2.24, 2.45) is 0 Å². The Kier molecular flexibility index (Phi) is 7.18. The number of aromatic nitrogens is 4. The zero-order valence-electron chi connectivity index (χ0n) is 31.4. The first kappa shape index (κ1) is 32.7. The second-order valence-corrected chi connectivity index (χ2v) is 18.7. The van der Waals surface area contributed by atoms with Crippen LogP contribution in [0.1, 0.15) is 0 Å². The standard InChI is InChI=1S/C52H35N5Si/c1-3-18-36(19-4-1)58(37-20-5-2-6-21-37)48-32-13-11-28-44(48)55(45-29-12-14-33-49(45)58)50-46(56-42-26-9-7-22-38(42)40-24-16-34-53-51(40)56)30-15-31-47(50)57-43-27-10-8-23-39(43)41-25-17-35-54-52(41)57/h1-35H. The quantitative estimate of drug-likeness (QED) is 0.164. The predicted molar refractivity (Wildman–Crippen MR) is 243 cm³/mol. The summed E-state index contributed by atoms with van der Waals surface area (Å²) in [5.41, 5.74) is 9.47. The SMILES string of the molecule is c1ccc([Si]2(c3ccccc3)c3ccccc3N(c3c(-n4c5ccccc5c5cccnc54)cccc3-n3c4ccccc4c4cccnc43)c3ccccc32)cc1. The fourth-order valence-electron chi connectivity index (χ4n) is 9.84. The number of benzene rings is 7. The van der Waals surface area contributed by atoms with Gasteiger partial charge in [-0.3, -0.25) is 9.13 Å². The highest BCUT2D eigenvalue weighted by molar-refractivity contribution is 7.21. The van der Waals surface area contributed by atoms with Crippen LogP contribution in [0, 0.1) is 0 Å². The van der Waals surface area contributed by atoms with Gasteiger partial charge in [0.2, 0.25) is 0 Å². The van der Waals surface area contributed by atoms with E-state index in [1.807, 2.05) is 24.5 Å². The van der Waals surface area contributed by atoms with Crippen LogP contribution >= 0.6 is 0 Å². The van der Waals surface area contributed by atoms with E-state index in [0.29, 0.717) is 0 Å². The van der Waals surface area contributed by atoms with Gasteiger partial charge >= 0.3 is 0 Å². The number of para-hydroxylation sites is 5. The second-order valence-electron chi connectivity index (χ2n) is 15.0. The Labute approximate surface area is 336 Å². The van der Waals surface area contributed by atoms with Crippen molar-refractivity contribution in [2.75, 3.05) is 4.90 Å². The summed E-state index contributed by atoms with van der Waals surface area (Å²) in [6.45, 7) is 0. The lowest BCUT2D eigenvalue weighted by Gasteiger charge is -2.45. The van der Waals surface area contributed by atoms with Gasteiger partial charge in [-0.2, -0.15) is 0 Å². The molecule has 0 unspecified atom stereocenters. The van der Waals surface area contributed by atoms with E-state index in [4.69, 9.17) is 9.97 Å². The van der Waals surface area contributed by atoms with Crippen molar-refractivity contribution >= 4 is 89.8 Å². The first-order valence-electron chi connectivity index (χ1n) is 19.8. The Morgan fingerprint density at radius 1 is 0.328 bits per heavy atom. The van der Waals surface area contributed by atoms with Crippen LogP contribution in [0.5, 0.6) is 0 Å². The van der Waals surface area contributed by atoms with Gasteiger partial charge in [0.05, 0.1) is 28.1 Å². The maximum Gasteiger partial charge on any atom is 0.184 e. The molecule has 0 aliphatic carbocycles. The van der Waals surface area contributed by atoms with Gasteiger partial charge in [0.1, 0.15) is 11.3 Å². The van der Waals surface area contributed by atoms with Crippen LogP contribution in [0.4, 0.5) is 17.1 Å². The number of anilines is 3. The number of nitrogens with zero attached hydrogens (tertiary/aromatic N) is 5. The van der Waals surface area contributed by atoms with Gasteiger partial charge < -0.3 is 4.90 Å². The minimum atomic E-state index is -2.87. The summed E-state index contributed by atoms with van der Waals surface area (Å²) in [4.78, 5) is 12.7. The lowest BCUT2D eigenvalue weighted by Crippen LogP contribution is -2.77. The molecule has 5 nitrogen and oxygen atoms in total. The summed E-state index contributed by atoms with van der Waals surface area (Å²) in [7, 11) is -2.87. The molecule has 12 rings (SSSR count). The summed E-state index contributed by atoms with van der Waals surface area (Å²) in [5.74, 6) is 0. The van der Waals surface area contributed by atoms with Gasteiger partial charge in [0, 0.05) is 45.3 Å². The fraction of sp³-hybridized carbons (Fsp3) is 0. The molecule has 6 heteroatoms. The predicted octanol–water partition coefficient (Wildman–Crippen LogP) is 9.83. The van der Waals surface area contributed by atoms with Gasteiger partial charge in [-0.15, -0.1) is 0 Å². The highest BCUT2D eigenvalue weighted by atomic mass is 28.3. The molecule has 0 radical (unpaired) electrons. The number of hydrogen-bond acceptors (Lipinski definition) is 3. The molecule has 0 saturated carbocycles. The van der Waals surface area contributed by atoms with E-state index in [-0.39, 0.29) is 0 Å². The Balaban J connectivity index is 1.28. The van der Waals surface area contributed by atoms with Crippen molar-refractivity contribution in [3.8, 4) is 11.4 Å². The highest BCUT2D eigenvalue weighted by Crippen LogP contribution is 2.47. The average molecular weight is 758 g/mol. The summed E-state index contributed by atoms with van der Waals surface area (Å²) in [5, 5.41) is 9.96. The molecule has 0 fully saturated rings. The van der Waals surface area contributed by atoms with Gasteiger partial charge in [0.25, 0.3) is 0 Å². The normalized spacial score (nSPS) is 13.3. The second kappa shape index (κ2) is 12.7. The van der Waals surface area contributed by atoms with E-state index >= 15 is 0 Å².